The summed E-state index contributed by atoms with van der Waals surface area (Å²) in [5.41, 5.74) is 1.87. The van der Waals surface area contributed by atoms with E-state index in [1.54, 1.807) is 12.5 Å². The van der Waals surface area contributed by atoms with E-state index in [0.29, 0.717) is 5.71 Å². The molecule has 0 aliphatic heterocycles. The Morgan fingerprint density at radius 3 is 2.83 bits per heavy atom. The fourth-order valence-electron chi connectivity index (χ4n) is 0.969. The molecule has 2 aromatic rings. The lowest BCUT2D eigenvalue weighted by atomic mass is 10.2. The molecule has 0 fully saturated rings. The summed E-state index contributed by atoms with van der Waals surface area (Å²) in [5.74, 6) is 0. The van der Waals surface area contributed by atoms with Gasteiger partial charge in [-0.15, -0.1) is 0 Å². The Labute approximate surface area is 72.2 Å². The Kier molecular flexibility index (Phi) is 2.86. The first-order valence-electron chi connectivity index (χ1n) is 4.16. The van der Waals surface area contributed by atoms with E-state index in [4.69, 9.17) is 4.42 Å². The number of fused-ring (bicyclic) bond motifs is 1. The zero-order chi connectivity index (χ0) is 8.97. The highest BCUT2D eigenvalue weighted by Crippen LogP contribution is 2.12. The first-order chi connectivity index (χ1) is 5.86. The van der Waals surface area contributed by atoms with Crippen molar-refractivity contribution in [2.75, 3.05) is 0 Å². The third-order valence-corrected chi connectivity index (χ3v) is 1.44. The standard InChI is InChI=1S/C8H7NO.C2H6/c1-6-4-7-2-3-10-8(7)9-5-6;1-2/h2-5H,1H3;1-2H3. The first-order valence-corrected chi connectivity index (χ1v) is 4.16. The molecule has 0 aromatic carbocycles. The van der Waals surface area contributed by atoms with Crippen LogP contribution < -0.4 is 0 Å². The number of furan rings is 1. The van der Waals surface area contributed by atoms with Gasteiger partial charge in [0.2, 0.25) is 5.71 Å². The van der Waals surface area contributed by atoms with Crippen molar-refractivity contribution in [1.82, 2.24) is 4.98 Å². The van der Waals surface area contributed by atoms with Crippen LogP contribution >= 0.6 is 0 Å². The molecule has 0 spiro atoms. The number of aryl methyl sites for hydroxylation is 1. The van der Waals surface area contributed by atoms with Crippen LogP contribution in [0.4, 0.5) is 0 Å². The second kappa shape index (κ2) is 3.90. The van der Waals surface area contributed by atoms with E-state index in [1.807, 2.05) is 32.9 Å². The summed E-state index contributed by atoms with van der Waals surface area (Å²) in [6, 6.07) is 3.96. The van der Waals surface area contributed by atoms with Gasteiger partial charge in [-0.1, -0.05) is 13.8 Å². The van der Waals surface area contributed by atoms with Gasteiger partial charge in [0, 0.05) is 11.6 Å². The third-order valence-electron chi connectivity index (χ3n) is 1.44. The number of hydrogen-bond acceptors (Lipinski definition) is 2. The summed E-state index contributed by atoms with van der Waals surface area (Å²) in [5, 5.41) is 1.07. The Balaban J connectivity index is 0.000000336. The van der Waals surface area contributed by atoms with Gasteiger partial charge in [0.05, 0.1) is 6.26 Å². The average molecular weight is 163 g/mol. The summed E-state index contributed by atoms with van der Waals surface area (Å²) in [4.78, 5) is 4.07. The molecule has 2 aromatic heterocycles. The normalized spacial score (nSPS) is 9.25. The van der Waals surface area contributed by atoms with E-state index in [1.165, 1.54) is 0 Å². The van der Waals surface area contributed by atoms with E-state index in [2.05, 4.69) is 4.98 Å². The molecule has 2 rings (SSSR count). The minimum Gasteiger partial charge on any atom is -0.446 e. The SMILES string of the molecule is CC.Cc1cnc2occc2c1. The second-order valence-corrected chi connectivity index (χ2v) is 2.33. The molecule has 0 radical (unpaired) electrons. The zero-order valence-corrected chi connectivity index (χ0v) is 7.66. The lowest BCUT2D eigenvalue weighted by molar-refractivity contribution is 0.603. The van der Waals surface area contributed by atoms with Crippen LogP contribution in [-0.2, 0) is 0 Å². The highest BCUT2D eigenvalue weighted by atomic mass is 16.3. The van der Waals surface area contributed by atoms with Gasteiger partial charge in [0.25, 0.3) is 0 Å². The van der Waals surface area contributed by atoms with Gasteiger partial charge >= 0.3 is 0 Å². The van der Waals surface area contributed by atoms with Crippen molar-refractivity contribution >= 4 is 11.1 Å². The molecule has 0 atom stereocenters. The maximum Gasteiger partial charge on any atom is 0.225 e. The molecular formula is C10H13NO. The number of nitrogens with zero attached hydrogens (tertiary/aromatic N) is 1. The van der Waals surface area contributed by atoms with Gasteiger partial charge in [0.1, 0.15) is 0 Å². The first kappa shape index (κ1) is 8.78. The van der Waals surface area contributed by atoms with Gasteiger partial charge in [0.15, 0.2) is 0 Å². The Bertz CT molecular complexity index is 351. The minimum absolute atomic E-state index is 0.714. The van der Waals surface area contributed by atoms with Crippen molar-refractivity contribution < 1.29 is 4.42 Å². The molecule has 0 N–H and O–H groups in total. The summed E-state index contributed by atoms with van der Waals surface area (Å²) in [6.45, 7) is 6.01. The highest BCUT2D eigenvalue weighted by Gasteiger charge is 1.95. The third kappa shape index (κ3) is 1.64. The number of hydrogen-bond donors (Lipinski definition) is 0. The van der Waals surface area contributed by atoms with E-state index < -0.39 is 0 Å². The molecule has 0 bridgehead atoms. The number of aromatic nitrogens is 1. The van der Waals surface area contributed by atoms with Gasteiger partial charge in [-0.05, 0) is 24.6 Å². The van der Waals surface area contributed by atoms with E-state index in [9.17, 15) is 0 Å². The monoisotopic (exact) mass is 163 g/mol. The molecule has 0 aliphatic rings. The van der Waals surface area contributed by atoms with E-state index >= 15 is 0 Å². The topological polar surface area (TPSA) is 26.0 Å². The van der Waals surface area contributed by atoms with Crippen LogP contribution in [-0.4, -0.2) is 4.98 Å². The van der Waals surface area contributed by atoms with Crippen molar-refractivity contribution in [1.29, 1.82) is 0 Å². The van der Waals surface area contributed by atoms with Crippen LogP contribution in [0.25, 0.3) is 11.1 Å². The molecule has 2 heteroatoms. The van der Waals surface area contributed by atoms with Gasteiger partial charge in [-0.2, -0.15) is 0 Å². The lowest BCUT2D eigenvalue weighted by Gasteiger charge is -1.88. The van der Waals surface area contributed by atoms with Crippen molar-refractivity contribution in [3.8, 4) is 0 Å². The fraction of sp³-hybridized carbons (Fsp3) is 0.300. The molecule has 2 nitrogen and oxygen atoms in total. The lowest BCUT2D eigenvalue weighted by Crippen LogP contribution is -1.74. The maximum atomic E-state index is 5.06. The summed E-state index contributed by atoms with van der Waals surface area (Å²) < 4.78 is 5.06. The van der Waals surface area contributed by atoms with Crippen LogP contribution in [0.3, 0.4) is 0 Å². The predicted octanol–water partition coefficient (Wildman–Crippen LogP) is 3.16. The largest absolute Gasteiger partial charge is 0.446 e. The van der Waals surface area contributed by atoms with Crippen molar-refractivity contribution in [2.45, 2.75) is 20.8 Å². The van der Waals surface area contributed by atoms with Gasteiger partial charge in [-0.3, -0.25) is 0 Å². The molecule has 12 heavy (non-hydrogen) atoms. The molecule has 2 heterocycles. The van der Waals surface area contributed by atoms with Crippen LogP contribution in [0.2, 0.25) is 0 Å². The van der Waals surface area contributed by atoms with Crippen LogP contribution in [0.15, 0.2) is 29.0 Å². The summed E-state index contributed by atoms with van der Waals surface area (Å²) >= 11 is 0. The predicted molar refractivity (Wildman–Crippen MR) is 50.1 cm³/mol. The Morgan fingerprint density at radius 1 is 1.33 bits per heavy atom. The molecular weight excluding hydrogens is 150 g/mol. The smallest absolute Gasteiger partial charge is 0.225 e. The van der Waals surface area contributed by atoms with Crippen LogP contribution in [0.1, 0.15) is 19.4 Å². The van der Waals surface area contributed by atoms with E-state index in [-0.39, 0.29) is 0 Å². The maximum absolute atomic E-state index is 5.06. The van der Waals surface area contributed by atoms with Crippen molar-refractivity contribution in [3.63, 3.8) is 0 Å². The zero-order valence-electron chi connectivity index (χ0n) is 7.66. The second-order valence-electron chi connectivity index (χ2n) is 2.33. The molecule has 0 amide bonds. The van der Waals surface area contributed by atoms with Crippen LogP contribution in [0, 0.1) is 6.92 Å². The quantitative estimate of drug-likeness (QED) is 0.596. The van der Waals surface area contributed by atoms with Crippen molar-refractivity contribution in [2.24, 2.45) is 0 Å². The Morgan fingerprint density at radius 2 is 2.08 bits per heavy atom. The molecule has 0 aliphatic carbocycles. The van der Waals surface area contributed by atoms with E-state index in [0.717, 1.165) is 10.9 Å². The number of rotatable bonds is 0. The van der Waals surface area contributed by atoms with Gasteiger partial charge in [-0.25, -0.2) is 4.98 Å². The average Bonchev–Trinajstić information content (AvgIpc) is 2.54. The highest BCUT2D eigenvalue weighted by molar-refractivity contribution is 5.73. The molecule has 0 unspecified atom stereocenters. The van der Waals surface area contributed by atoms with Crippen LogP contribution in [0.5, 0.6) is 0 Å². The van der Waals surface area contributed by atoms with Crippen molar-refractivity contribution in [3.05, 3.63) is 30.2 Å². The fourth-order valence-corrected chi connectivity index (χ4v) is 0.969. The summed E-state index contributed by atoms with van der Waals surface area (Å²) in [6.07, 6.45) is 3.45. The number of pyridine rings is 1. The molecule has 0 saturated carbocycles. The van der Waals surface area contributed by atoms with Gasteiger partial charge < -0.3 is 4.42 Å². The molecule has 64 valence electrons. The Hall–Kier alpha value is -1.31. The summed E-state index contributed by atoms with van der Waals surface area (Å²) in [7, 11) is 0. The molecule has 0 saturated heterocycles. The minimum atomic E-state index is 0.714.